The number of tetrazole rings is 1. The van der Waals surface area contributed by atoms with Gasteiger partial charge < -0.3 is 14.7 Å². The molecule has 0 saturated carbocycles. The number of halogens is 4. The number of carbonyl (C=O) groups is 1. The van der Waals surface area contributed by atoms with Crippen molar-refractivity contribution < 1.29 is 22.4 Å². The van der Waals surface area contributed by atoms with E-state index in [1.165, 1.54) is 6.33 Å². The van der Waals surface area contributed by atoms with Gasteiger partial charge in [0.05, 0.1) is 11.3 Å². The minimum atomic E-state index is -4.64. The van der Waals surface area contributed by atoms with Crippen LogP contribution < -0.4 is 4.90 Å². The molecule has 4 heterocycles. The van der Waals surface area contributed by atoms with Crippen molar-refractivity contribution in [3.05, 3.63) is 59.8 Å². The highest BCUT2D eigenvalue weighted by Gasteiger charge is 2.36. The van der Waals surface area contributed by atoms with Crippen LogP contribution in [0.15, 0.2) is 42.9 Å². The fourth-order valence-corrected chi connectivity index (χ4v) is 4.55. The molecule has 13 heteroatoms. The van der Waals surface area contributed by atoms with Crippen LogP contribution in [-0.4, -0.2) is 73.2 Å². The number of carbonyl (C=O) groups excluding carboxylic acids is 1. The van der Waals surface area contributed by atoms with Gasteiger partial charge in [-0.05, 0) is 47.0 Å². The second-order valence-corrected chi connectivity index (χ2v) is 8.56. The van der Waals surface area contributed by atoms with Crippen LogP contribution in [0.2, 0.25) is 0 Å². The number of alkyl halides is 3. The third-order valence-corrected chi connectivity index (χ3v) is 6.40. The van der Waals surface area contributed by atoms with Crippen LogP contribution in [0.1, 0.15) is 24.0 Å². The number of urea groups is 1. The van der Waals surface area contributed by atoms with Gasteiger partial charge in [-0.15, -0.1) is 5.10 Å². The van der Waals surface area contributed by atoms with E-state index in [1.807, 2.05) is 29.2 Å². The molecule has 0 unspecified atom stereocenters. The molecule has 9 nitrogen and oxygen atoms in total. The number of hydrogen-bond acceptors (Lipinski definition) is 6. The summed E-state index contributed by atoms with van der Waals surface area (Å²) >= 11 is 0. The number of amides is 2. The molecule has 0 N–H and O–H groups in total. The lowest BCUT2D eigenvalue weighted by Crippen LogP contribution is -2.47. The maximum atomic E-state index is 14.3. The lowest BCUT2D eigenvalue weighted by molar-refractivity contribution is -0.138. The summed E-state index contributed by atoms with van der Waals surface area (Å²) in [6.07, 6.45) is -1.31. The van der Waals surface area contributed by atoms with Crippen molar-refractivity contribution in [1.82, 2.24) is 35.0 Å². The zero-order valence-electron chi connectivity index (χ0n) is 18.6. The summed E-state index contributed by atoms with van der Waals surface area (Å²) in [5.41, 5.74) is 0.691. The highest BCUT2D eigenvalue weighted by molar-refractivity contribution is 5.77. The zero-order valence-corrected chi connectivity index (χ0v) is 18.6. The molecule has 2 aromatic heterocycles. The third kappa shape index (κ3) is 4.75. The first-order valence-corrected chi connectivity index (χ1v) is 11.1. The molecule has 184 valence electrons. The van der Waals surface area contributed by atoms with Crippen molar-refractivity contribution in [2.24, 2.45) is 0 Å². The van der Waals surface area contributed by atoms with E-state index in [2.05, 4.69) is 20.5 Å². The number of pyridine rings is 1. The van der Waals surface area contributed by atoms with Gasteiger partial charge in [0.2, 0.25) is 0 Å². The lowest BCUT2D eigenvalue weighted by Gasteiger charge is -2.37. The van der Waals surface area contributed by atoms with Gasteiger partial charge in [-0.1, -0.05) is 12.1 Å². The molecule has 2 fully saturated rings. The molecular formula is C22H22F4N8O. The first kappa shape index (κ1) is 23.0. The van der Waals surface area contributed by atoms with Gasteiger partial charge in [0.15, 0.2) is 11.6 Å². The largest absolute Gasteiger partial charge is 0.417 e. The molecule has 0 atom stereocenters. The third-order valence-electron chi connectivity index (χ3n) is 6.40. The monoisotopic (exact) mass is 490 g/mol. The second kappa shape index (κ2) is 9.12. The van der Waals surface area contributed by atoms with E-state index < -0.39 is 17.6 Å². The number of nitrogens with zero attached hydrogens (tertiary/aromatic N) is 8. The summed E-state index contributed by atoms with van der Waals surface area (Å²) in [5.74, 6) is -1.08. The van der Waals surface area contributed by atoms with Crippen molar-refractivity contribution in [3.8, 4) is 5.69 Å². The summed E-state index contributed by atoms with van der Waals surface area (Å²) in [6.45, 7) is 2.48. The molecule has 0 bridgehead atoms. The summed E-state index contributed by atoms with van der Waals surface area (Å²) in [4.78, 5) is 22.0. The minimum Gasteiger partial charge on any atom is -0.354 e. The van der Waals surface area contributed by atoms with Gasteiger partial charge in [-0.3, -0.25) is 0 Å². The van der Waals surface area contributed by atoms with Gasteiger partial charge in [-0.2, -0.15) is 13.2 Å². The van der Waals surface area contributed by atoms with Crippen LogP contribution in [0.25, 0.3) is 5.69 Å². The predicted molar refractivity (Wildman–Crippen MR) is 116 cm³/mol. The molecule has 2 aliphatic heterocycles. The summed E-state index contributed by atoms with van der Waals surface area (Å²) in [5, 5.41) is 11.1. The van der Waals surface area contributed by atoms with Crippen LogP contribution in [0.4, 0.5) is 28.2 Å². The Morgan fingerprint density at radius 1 is 1.03 bits per heavy atom. The molecule has 1 aromatic carbocycles. The molecule has 3 aromatic rings. The number of aromatic nitrogens is 5. The number of hydrogen-bond donors (Lipinski definition) is 0. The van der Waals surface area contributed by atoms with Gasteiger partial charge in [0, 0.05) is 45.0 Å². The molecule has 2 amide bonds. The van der Waals surface area contributed by atoms with Gasteiger partial charge in [0.1, 0.15) is 6.33 Å². The predicted octanol–water partition coefficient (Wildman–Crippen LogP) is 3.12. The Bertz CT molecular complexity index is 1180. The number of anilines is 1. The Morgan fingerprint density at radius 3 is 2.40 bits per heavy atom. The molecule has 35 heavy (non-hydrogen) atoms. The van der Waals surface area contributed by atoms with E-state index in [4.69, 9.17) is 0 Å². The molecule has 5 rings (SSSR count). The first-order chi connectivity index (χ1) is 16.8. The van der Waals surface area contributed by atoms with Crippen LogP contribution in [0, 0.1) is 5.82 Å². The average molecular weight is 490 g/mol. The topological polar surface area (TPSA) is 83.3 Å². The zero-order chi connectivity index (χ0) is 24.6. The van der Waals surface area contributed by atoms with Crippen LogP contribution in [0.5, 0.6) is 0 Å². The Kier molecular flexibility index (Phi) is 5.99. The Balaban J connectivity index is 1.16. The average Bonchev–Trinajstić information content (AvgIpc) is 3.50. The normalized spacial score (nSPS) is 17.5. The van der Waals surface area contributed by atoms with Gasteiger partial charge in [-0.25, -0.2) is 18.9 Å². The smallest absolute Gasteiger partial charge is 0.354 e. The fourth-order valence-electron chi connectivity index (χ4n) is 4.55. The molecule has 0 spiro atoms. The van der Waals surface area contributed by atoms with E-state index >= 15 is 0 Å². The first-order valence-electron chi connectivity index (χ1n) is 11.1. The van der Waals surface area contributed by atoms with Gasteiger partial charge in [0.25, 0.3) is 0 Å². The summed E-state index contributed by atoms with van der Waals surface area (Å²) in [6, 6.07) is 8.04. The van der Waals surface area contributed by atoms with Crippen LogP contribution in [0.3, 0.4) is 0 Å². The summed E-state index contributed by atoms with van der Waals surface area (Å²) in [7, 11) is 0. The highest BCUT2D eigenvalue weighted by atomic mass is 19.4. The lowest BCUT2D eigenvalue weighted by atomic mass is 10.0. The number of rotatable bonds is 5. The maximum absolute atomic E-state index is 14.3. The molecule has 0 aliphatic carbocycles. The van der Waals surface area contributed by atoms with Gasteiger partial charge >= 0.3 is 12.2 Å². The van der Waals surface area contributed by atoms with E-state index in [0.29, 0.717) is 57.8 Å². The van der Waals surface area contributed by atoms with Crippen molar-refractivity contribution in [2.45, 2.75) is 31.6 Å². The minimum absolute atomic E-state index is 0.0107. The van der Waals surface area contributed by atoms with Crippen molar-refractivity contribution in [3.63, 3.8) is 0 Å². The van der Waals surface area contributed by atoms with E-state index in [-0.39, 0.29) is 17.9 Å². The highest BCUT2D eigenvalue weighted by Crippen LogP contribution is 2.32. The molecule has 2 saturated heterocycles. The van der Waals surface area contributed by atoms with Crippen molar-refractivity contribution in [2.75, 3.05) is 31.1 Å². The van der Waals surface area contributed by atoms with E-state index in [9.17, 15) is 22.4 Å². The van der Waals surface area contributed by atoms with Crippen molar-refractivity contribution >= 4 is 11.8 Å². The van der Waals surface area contributed by atoms with Crippen molar-refractivity contribution in [1.29, 1.82) is 0 Å². The molecule has 0 radical (unpaired) electrons. The Hall–Kier alpha value is -3.77. The number of piperidine rings is 1. The van der Waals surface area contributed by atoms with Crippen LogP contribution >= 0.6 is 0 Å². The van der Waals surface area contributed by atoms with E-state index in [1.54, 1.807) is 14.5 Å². The maximum Gasteiger partial charge on any atom is 0.417 e. The SMILES string of the molecule is O=C1N(Cc2ccc(-n3cnnn3)cc2)CCN1C1CCN(c2ncc(C(F)(F)F)cc2F)CC1. The molecule has 2 aliphatic rings. The molecular weight excluding hydrogens is 468 g/mol. The van der Waals surface area contributed by atoms with Crippen LogP contribution in [-0.2, 0) is 12.7 Å². The second-order valence-electron chi connectivity index (χ2n) is 8.56. The van der Waals surface area contributed by atoms with E-state index in [0.717, 1.165) is 11.3 Å². The fraction of sp³-hybridized carbons (Fsp3) is 0.409. The Labute approximate surface area is 197 Å². The Morgan fingerprint density at radius 2 is 1.77 bits per heavy atom. The number of benzene rings is 1. The summed E-state index contributed by atoms with van der Waals surface area (Å²) < 4.78 is 54.2. The standard InChI is InChI=1S/C22H22F4N8O/c23-19-11-16(22(24,25)26)12-27-20(19)31-7-5-17(6-8-31)33-10-9-32(21(33)35)13-15-1-3-18(4-2-15)34-14-28-29-30-34/h1-4,11-12,14,17H,5-10,13H2. The quantitative estimate of drug-likeness (QED) is 0.511.